The number of likely N-dealkylation sites (tertiary alicyclic amines) is 1. The first-order valence-corrected chi connectivity index (χ1v) is 7.34. The van der Waals surface area contributed by atoms with Gasteiger partial charge in [0.2, 0.25) is 0 Å². The molecule has 1 aromatic rings. The summed E-state index contributed by atoms with van der Waals surface area (Å²) in [6.07, 6.45) is 2.02. The van der Waals surface area contributed by atoms with Crippen LogP contribution in [0.3, 0.4) is 0 Å². The van der Waals surface area contributed by atoms with Crippen LogP contribution in [-0.4, -0.2) is 43.5 Å². The molecule has 0 unspecified atom stereocenters. The number of carbonyl (C=O) groups excluding carboxylic acids is 1. The van der Waals surface area contributed by atoms with Crippen molar-refractivity contribution in [2.75, 3.05) is 26.7 Å². The SMILES string of the molecule is CN1CCC(NC(=O)c2sccc2C#CCN)CC1. The van der Waals surface area contributed by atoms with Crippen LogP contribution >= 0.6 is 11.3 Å². The van der Waals surface area contributed by atoms with Crippen molar-refractivity contribution in [3.63, 3.8) is 0 Å². The summed E-state index contributed by atoms with van der Waals surface area (Å²) >= 11 is 1.43. The molecule has 0 saturated carbocycles. The topological polar surface area (TPSA) is 58.4 Å². The molecule has 5 heteroatoms. The van der Waals surface area contributed by atoms with Crippen molar-refractivity contribution in [3.05, 3.63) is 21.9 Å². The van der Waals surface area contributed by atoms with Crippen LogP contribution in [0.1, 0.15) is 28.1 Å². The van der Waals surface area contributed by atoms with Gasteiger partial charge in [-0.05, 0) is 44.4 Å². The third-order valence-electron chi connectivity index (χ3n) is 3.25. The van der Waals surface area contributed by atoms with Gasteiger partial charge in [-0.1, -0.05) is 11.8 Å². The molecule has 0 aromatic carbocycles. The minimum atomic E-state index is -0.00845. The molecule has 3 N–H and O–H groups in total. The van der Waals surface area contributed by atoms with Crippen molar-refractivity contribution < 1.29 is 4.79 Å². The molecule has 2 rings (SSSR count). The summed E-state index contributed by atoms with van der Waals surface area (Å²) in [4.78, 5) is 15.2. The molecule has 0 spiro atoms. The van der Waals surface area contributed by atoms with E-state index in [2.05, 4.69) is 29.1 Å². The van der Waals surface area contributed by atoms with Crippen LogP contribution in [0.4, 0.5) is 0 Å². The summed E-state index contributed by atoms with van der Waals surface area (Å²) < 4.78 is 0. The first kappa shape index (κ1) is 14.1. The average Bonchev–Trinajstić information content (AvgIpc) is 2.87. The van der Waals surface area contributed by atoms with Crippen LogP contribution < -0.4 is 11.1 Å². The molecule has 0 aliphatic carbocycles. The summed E-state index contributed by atoms with van der Waals surface area (Å²) in [5.74, 6) is 5.73. The van der Waals surface area contributed by atoms with Crippen LogP contribution in [0.15, 0.2) is 11.4 Å². The Morgan fingerprint density at radius 3 is 3.00 bits per heavy atom. The van der Waals surface area contributed by atoms with Crippen LogP contribution in [0.5, 0.6) is 0 Å². The van der Waals surface area contributed by atoms with Gasteiger partial charge in [0.1, 0.15) is 4.88 Å². The van der Waals surface area contributed by atoms with Gasteiger partial charge in [-0.25, -0.2) is 0 Å². The Morgan fingerprint density at radius 1 is 1.58 bits per heavy atom. The average molecular weight is 277 g/mol. The van der Waals surface area contributed by atoms with Crippen molar-refractivity contribution >= 4 is 17.2 Å². The number of hydrogen-bond donors (Lipinski definition) is 2. The zero-order valence-corrected chi connectivity index (χ0v) is 11.9. The number of nitrogens with zero attached hydrogens (tertiary/aromatic N) is 1. The molecule has 1 saturated heterocycles. The molecule has 0 radical (unpaired) electrons. The minimum absolute atomic E-state index is 0.00845. The van der Waals surface area contributed by atoms with Gasteiger partial charge in [0.25, 0.3) is 5.91 Å². The third kappa shape index (κ3) is 3.80. The lowest BCUT2D eigenvalue weighted by Gasteiger charge is -2.29. The number of hydrogen-bond acceptors (Lipinski definition) is 4. The Kier molecular flexibility index (Phi) is 4.97. The monoisotopic (exact) mass is 277 g/mol. The van der Waals surface area contributed by atoms with Crippen LogP contribution in [0.25, 0.3) is 0 Å². The second-order valence-electron chi connectivity index (χ2n) is 4.72. The minimum Gasteiger partial charge on any atom is -0.348 e. The molecular formula is C14H19N3OS. The van der Waals surface area contributed by atoms with E-state index in [0.717, 1.165) is 31.5 Å². The number of amides is 1. The van der Waals surface area contributed by atoms with Crippen LogP contribution in [-0.2, 0) is 0 Å². The summed E-state index contributed by atoms with van der Waals surface area (Å²) in [5, 5.41) is 5.00. The standard InChI is InChI=1S/C14H19N3OS/c1-17-8-4-12(5-9-17)16-14(18)13-11(3-2-7-15)6-10-19-13/h6,10,12H,4-5,7-9,15H2,1H3,(H,16,18). The molecule has 1 aliphatic rings. The summed E-state index contributed by atoms with van der Waals surface area (Å²) in [6.45, 7) is 2.39. The highest BCUT2D eigenvalue weighted by Crippen LogP contribution is 2.17. The number of thiophene rings is 1. The summed E-state index contributed by atoms with van der Waals surface area (Å²) in [5.41, 5.74) is 6.14. The fourth-order valence-corrected chi connectivity index (χ4v) is 2.89. The number of rotatable bonds is 2. The van der Waals surface area contributed by atoms with E-state index in [1.54, 1.807) is 0 Å². The maximum absolute atomic E-state index is 12.2. The van der Waals surface area contributed by atoms with E-state index in [4.69, 9.17) is 5.73 Å². The van der Waals surface area contributed by atoms with Crippen molar-refractivity contribution in [1.29, 1.82) is 0 Å². The van der Waals surface area contributed by atoms with Gasteiger partial charge in [0, 0.05) is 11.6 Å². The molecule has 1 aromatic heterocycles. The summed E-state index contributed by atoms with van der Waals surface area (Å²) in [6, 6.07) is 2.15. The predicted molar refractivity (Wildman–Crippen MR) is 78.2 cm³/mol. The van der Waals surface area contributed by atoms with E-state index >= 15 is 0 Å². The molecule has 19 heavy (non-hydrogen) atoms. The van der Waals surface area contributed by atoms with Gasteiger partial charge in [-0.3, -0.25) is 4.79 Å². The van der Waals surface area contributed by atoms with Crippen LogP contribution in [0.2, 0.25) is 0 Å². The summed E-state index contributed by atoms with van der Waals surface area (Å²) in [7, 11) is 2.11. The highest BCUT2D eigenvalue weighted by Gasteiger charge is 2.20. The molecule has 1 aliphatic heterocycles. The lowest BCUT2D eigenvalue weighted by atomic mass is 10.1. The first-order chi connectivity index (χ1) is 9.20. The zero-order chi connectivity index (χ0) is 13.7. The normalized spacial score (nSPS) is 16.7. The van der Waals surface area contributed by atoms with Crippen molar-refractivity contribution in [2.24, 2.45) is 5.73 Å². The molecule has 1 amide bonds. The second kappa shape index (κ2) is 6.71. The van der Waals surface area contributed by atoms with E-state index < -0.39 is 0 Å². The fourth-order valence-electron chi connectivity index (χ4n) is 2.13. The Hall–Kier alpha value is -1.35. The zero-order valence-electron chi connectivity index (χ0n) is 11.1. The van der Waals surface area contributed by atoms with E-state index in [1.165, 1.54) is 11.3 Å². The Labute approximate surface area is 118 Å². The van der Waals surface area contributed by atoms with Gasteiger partial charge in [-0.15, -0.1) is 11.3 Å². The van der Waals surface area contributed by atoms with Crippen LogP contribution in [0, 0.1) is 11.8 Å². The highest BCUT2D eigenvalue weighted by molar-refractivity contribution is 7.12. The first-order valence-electron chi connectivity index (χ1n) is 6.46. The Morgan fingerprint density at radius 2 is 2.32 bits per heavy atom. The van der Waals surface area contributed by atoms with Gasteiger partial charge >= 0.3 is 0 Å². The second-order valence-corrected chi connectivity index (χ2v) is 5.64. The molecular weight excluding hydrogens is 258 g/mol. The van der Waals surface area contributed by atoms with Crippen molar-refractivity contribution in [2.45, 2.75) is 18.9 Å². The lowest BCUT2D eigenvalue weighted by molar-refractivity contribution is 0.0921. The number of carbonyl (C=O) groups is 1. The van der Waals surface area contributed by atoms with Crippen molar-refractivity contribution in [1.82, 2.24) is 10.2 Å². The highest BCUT2D eigenvalue weighted by atomic mass is 32.1. The number of piperidine rings is 1. The van der Waals surface area contributed by atoms with Gasteiger partial charge in [0.05, 0.1) is 6.54 Å². The fraction of sp³-hybridized carbons (Fsp3) is 0.500. The quantitative estimate of drug-likeness (QED) is 0.789. The van der Waals surface area contributed by atoms with Crippen molar-refractivity contribution in [3.8, 4) is 11.8 Å². The smallest absolute Gasteiger partial charge is 0.262 e. The Bertz CT molecular complexity index is 492. The molecule has 1 fully saturated rings. The molecule has 4 nitrogen and oxygen atoms in total. The van der Waals surface area contributed by atoms with Gasteiger partial charge in [-0.2, -0.15) is 0 Å². The molecule has 2 heterocycles. The predicted octanol–water partition coefficient (Wildman–Crippen LogP) is 0.882. The third-order valence-corrected chi connectivity index (χ3v) is 4.16. The van der Waals surface area contributed by atoms with E-state index in [-0.39, 0.29) is 11.9 Å². The molecule has 0 bridgehead atoms. The number of nitrogens with two attached hydrogens (primary N) is 1. The Balaban J connectivity index is 1.98. The maximum Gasteiger partial charge on any atom is 0.262 e. The van der Waals surface area contributed by atoms with E-state index in [9.17, 15) is 4.79 Å². The van der Waals surface area contributed by atoms with E-state index in [1.807, 2.05) is 11.4 Å². The largest absolute Gasteiger partial charge is 0.348 e. The van der Waals surface area contributed by atoms with Gasteiger partial charge < -0.3 is 16.0 Å². The lowest BCUT2D eigenvalue weighted by Crippen LogP contribution is -2.43. The van der Waals surface area contributed by atoms with Gasteiger partial charge in [0.15, 0.2) is 0 Å². The van der Waals surface area contributed by atoms with E-state index in [0.29, 0.717) is 11.4 Å². The maximum atomic E-state index is 12.2. The number of nitrogens with one attached hydrogen (secondary N) is 1. The molecule has 0 atom stereocenters. The molecule has 102 valence electrons.